The fourth-order valence-electron chi connectivity index (χ4n) is 1.40. The van der Waals surface area contributed by atoms with Crippen molar-refractivity contribution < 1.29 is 19.4 Å². The number of rotatable bonds is 4. The topological polar surface area (TPSA) is 68.7 Å². The molecule has 0 unspecified atom stereocenters. The number of thiazole rings is 1. The van der Waals surface area contributed by atoms with Gasteiger partial charge in [0.05, 0.1) is 17.8 Å². The van der Waals surface area contributed by atoms with E-state index in [4.69, 9.17) is 26.2 Å². The van der Waals surface area contributed by atoms with E-state index in [0.29, 0.717) is 22.2 Å². The highest BCUT2D eigenvalue weighted by atomic mass is 35.5. The number of ether oxygens (including phenoxy) is 2. The van der Waals surface area contributed by atoms with E-state index >= 15 is 0 Å². The van der Waals surface area contributed by atoms with Gasteiger partial charge in [-0.05, 0) is 19.1 Å². The fourth-order valence-corrected chi connectivity index (χ4v) is 2.38. The van der Waals surface area contributed by atoms with E-state index in [1.165, 1.54) is 7.11 Å². The van der Waals surface area contributed by atoms with Gasteiger partial charge in [-0.25, -0.2) is 9.78 Å². The third-order valence-electron chi connectivity index (χ3n) is 2.31. The maximum absolute atomic E-state index is 10.9. The number of aromatic carboxylic acids is 1. The van der Waals surface area contributed by atoms with Crippen molar-refractivity contribution in [3.05, 3.63) is 33.8 Å². The summed E-state index contributed by atoms with van der Waals surface area (Å²) < 4.78 is 10.5. The number of hydrogen-bond acceptors (Lipinski definition) is 5. The highest BCUT2D eigenvalue weighted by Crippen LogP contribution is 2.35. The monoisotopic (exact) mass is 299 g/mol. The van der Waals surface area contributed by atoms with E-state index in [1.807, 2.05) is 0 Å². The highest BCUT2D eigenvalue weighted by molar-refractivity contribution is 7.15. The van der Waals surface area contributed by atoms with Gasteiger partial charge in [0.1, 0.15) is 16.4 Å². The quantitative estimate of drug-likeness (QED) is 0.934. The molecule has 0 amide bonds. The molecule has 1 aromatic carbocycles. The van der Waals surface area contributed by atoms with Gasteiger partial charge in [0.25, 0.3) is 5.19 Å². The highest BCUT2D eigenvalue weighted by Gasteiger charge is 2.16. The number of halogens is 1. The first-order chi connectivity index (χ1) is 9.01. The van der Waals surface area contributed by atoms with Crippen LogP contribution in [0.25, 0.3) is 0 Å². The van der Waals surface area contributed by atoms with Crippen molar-refractivity contribution in [2.24, 2.45) is 0 Å². The molecule has 5 nitrogen and oxygen atoms in total. The first-order valence-corrected chi connectivity index (χ1v) is 6.43. The van der Waals surface area contributed by atoms with Crippen LogP contribution in [0.1, 0.15) is 15.4 Å². The lowest BCUT2D eigenvalue weighted by molar-refractivity contribution is 0.0701. The van der Waals surface area contributed by atoms with Crippen molar-refractivity contribution in [3.63, 3.8) is 0 Å². The fraction of sp³-hybridized carbons (Fsp3) is 0.167. The minimum Gasteiger partial charge on any atom is -0.497 e. The first-order valence-electron chi connectivity index (χ1n) is 5.23. The smallest absolute Gasteiger partial charge is 0.347 e. The molecule has 0 radical (unpaired) electrons. The molecule has 0 saturated carbocycles. The minimum atomic E-state index is -1.02. The average Bonchev–Trinajstić information content (AvgIpc) is 2.73. The van der Waals surface area contributed by atoms with E-state index < -0.39 is 5.97 Å². The number of aryl methyl sites for hydroxylation is 1. The Bertz CT molecular complexity index is 626. The van der Waals surface area contributed by atoms with E-state index in [1.54, 1.807) is 25.1 Å². The van der Waals surface area contributed by atoms with Crippen molar-refractivity contribution in [2.45, 2.75) is 6.92 Å². The predicted molar refractivity (Wildman–Crippen MR) is 71.9 cm³/mol. The van der Waals surface area contributed by atoms with E-state index in [2.05, 4.69) is 4.98 Å². The van der Waals surface area contributed by atoms with Gasteiger partial charge in [0, 0.05) is 6.07 Å². The largest absolute Gasteiger partial charge is 0.497 e. The second-order valence-electron chi connectivity index (χ2n) is 3.60. The molecule has 100 valence electrons. The summed E-state index contributed by atoms with van der Waals surface area (Å²) in [6, 6.07) is 4.94. The maximum atomic E-state index is 10.9. The van der Waals surface area contributed by atoms with Crippen LogP contribution in [0, 0.1) is 6.92 Å². The zero-order valence-electron chi connectivity index (χ0n) is 10.1. The van der Waals surface area contributed by atoms with Crippen LogP contribution in [-0.2, 0) is 0 Å². The Hall–Kier alpha value is -1.79. The number of aromatic nitrogens is 1. The summed E-state index contributed by atoms with van der Waals surface area (Å²) in [5.74, 6) is -0.0160. The molecule has 1 N–H and O–H groups in total. The summed E-state index contributed by atoms with van der Waals surface area (Å²) in [6.07, 6.45) is 0. The average molecular weight is 300 g/mol. The second-order valence-corrected chi connectivity index (χ2v) is 4.97. The van der Waals surface area contributed by atoms with Crippen LogP contribution in [0.3, 0.4) is 0 Å². The van der Waals surface area contributed by atoms with Crippen LogP contribution < -0.4 is 9.47 Å². The van der Waals surface area contributed by atoms with Crippen molar-refractivity contribution >= 4 is 28.9 Å². The Morgan fingerprint density at radius 3 is 2.74 bits per heavy atom. The summed E-state index contributed by atoms with van der Waals surface area (Å²) in [4.78, 5) is 15.1. The van der Waals surface area contributed by atoms with Gasteiger partial charge in [-0.2, -0.15) is 0 Å². The zero-order chi connectivity index (χ0) is 14.0. The van der Waals surface area contributed by atoms with Crippen LogP contribution in [0.5, 0.6) is 16.7 Å². The lowest BCUT2D eigenvalue weighted by Crippen LogP contribution is -1.94. The first kappa shape index (κ1) is 13.6. The van der Waals surface area contributed by atoms with Gasteiger partial charge in [0.15, 0.2) is 0 Å². The third-order valence-corrected chi connectivity index (χ3v) is 3.63. The van der Waals surface area contributed by atoms with Crippen LogP contribution in [0.15, 0.2) is 18.2 Å². The maximum Gasteiger partial charge on any atom is 0.347 e. The van der Waals surface area contributed by atoms with Gasteiger partial charge < -0.3 is 14.6 Å². The van der Waals surface area contributed by atoms with Gasteiger partial charge >= 0.3 is 5.97 Å². The number of benzene rings is 1. The lowest BCUT2D eigenvalue weighted by atomic mass is 10.3. The molecular weight excluding hydrogens is 290 g/mol. The normalized spacial score (nSPS) is 10.3. The van der Waals surface area contributed by atoms with E-state index in [9.17, 15) is 4.79 Å². The van der Waals surface area contributed by atoms with Gasteiger partial charge in [-0.15, -0.1) is 0 Å². The van der Waals surface area contributed by atoms with Gasteiger partial charge in [-0.3, -0.25) is 0 Å². The molecule has 1 aromatic heterocycles. The Kier molecular flexibility index (Phi) is 3.92. The van der Waals surface area contributed by atoms with Crippen molar-refractivity contribution in [1.82, 2.24) is 4.98 Å². The molecule has 0 atom stereocenters. The van der Waals surface area contributed by atoms with Gasteiger partial charge in [-0.1, -0.05) is 22.9 Å². The standard InChI is InChI=1S/C12H10ClNO4S/c1-6-10(11(15)16)19-12(14-6)18-9-4-3-7(17-2)5-8(9)13/h3-5H,1-2H3,(H,15,16). The summed E-state index contributed by atoms with van der Waals surface area (Å²) in [7, 11) is 1.54. The van der Waals surface area contributed by atoms with Crippen LogP contribution in [0.4, 0.5) is 0 Å². The number of carboxylic acids is 1. The predicted octanol–water partition coefficient (Wildman–Crippen LogP) is 3.60. The van der Waals surface area contributed by atoms with E-state index in [-0.39, 0.29) is 10.1 Å². The second kappa shape index (κ2) is 5.46. The molecule has 0 aliphatic rings. The Morgan fingerprint density at radius 2 is 2.21 bits per heavy atom. The molecule has 0 spiro atoms. The molecule has 2 rings (SSSR count). The molecular formula is C12H10ClNO4S. The molecule has 0 aliphatic heterocycles. The van der Waals surface area contributed by atoms with Crippen molar-refractivity contribution in [2.75, 3.05) is 7.11 Å². The van der Waals surface area contributed by atoms with Crippen molar-refractivity contribution in [1.29, 1.82) is 0 Å². The molecule has 0 fully saturated rings. The van der Waals surface area contributed by atoms with Gasteiger partial charge in [0.2, 0.25) is 0 Å². The molecule has 2 aromatic rings. The number of nitrogens with zero attached hydrogens (tertiary/aromatic N) is 1. The number of carboxylic acid groups (broad SMARTS) is 1. The lowest BCUT2D eigenvalue weighted by Gasteiger charge is -2.05. The Balaban J connectivity index is 2.26. The molecule has 0 aliphatic carbocycles. The number of carbonyl (C=O) groups is 1. The molecule has 0 saturated heterocycles. The zero-order valence-corrected chi connectivity index (χ0v) is 11.7. The summed E-state index contributed by atoms with van der Waals surface area (Å²) in [6.45, 7) is 1.61. The Labute approximate surface area is 118 Å². The summed E-state index contributed by atoms with van der Waals surface area (Å²) in [5, 5.41) is 9.54. The number of hydrogen-bond donors (Lipinski definition) is 1. The molecule has 1 heterocycles. The minimum absolute atomic E-state index is 0.152. The number of methoxy groups -OCH3 is 1. The molecule has 19 heavy (non-hydrogen) atoms. The third kappa shape index (κ3) is 2.97. The van der Waals surface area contributed by atoms with Crippen LogP contribution in [-0.4, -0.2) is 23.2 Å². The molecule has 0 bridgehead atoms. The summed E-state index contributed by atoms with van der Waals surface area (Å²) >= 11 is 6.98. The SMILES string of the molecule is COc1ccc(Oc2nc(C)c(C(=O)O)s2)c(Cl)c1. The van der Waals surface area contributed by atoms with E-state index in [0.717, 1.165) is 11.3 Å². The van der Waals surface area contributed by atoms with Crippen LogP contribution >= 0.6 is 22.9 Å². The Morgan fingerprint density at radius 1 is 1.47 bits per heavy atom. The molecule has 7 heteroatoms. The van der Waals surface area contributed by atoms with Crippen LogP contribution in [0.2, 0.25) is 5.02 Å². The summed E-state index contributed by atoms with van der Waals surface area (Å²) in [5.41, 5.74) is 0.414. The van der Waals surface area contributed by atoms with Crippen molar-refractivity contribution in [3.8, 4) is 16.7 Å².